The monoisotopic (exact) mass is 403 g/mol. The summed E-state index contributed by atoms with van der Waals surface area (Å²) in [6.45, 7) is 12.0. The van der Waals surface area contributed by atoms with E-state index in [-0.39, 0.29) is 11.9 Å². The minimum Gasteiger partial charge on any atom is -0.490 e. The summed E-state index contributed by atoms with van der Waals surface area (Å²) in [4.78, 5) is 9.90. The van der Waals surface area contributed by atoms with Gasteiger partial charge in [0.05, 0.1) is 19.2 Å². The number of nitrogens with one attached hydrogen (secondary N) is 2. The van der Waals surface area contributed by atoms with Crippen molar-refractivity contribution in [2.75, 3.05) is 52.4 Å². The lowest BCUT2D eigenvalue weighted by molar-refractivity contribution is 0.0174. The molecule has 2 bridgehead atoms. The number of fused-ring (bicyclic) bond motifs is 3. The van der Waals surface area contributed by atoms with E-state index in [9.17, 15) is 4.39 Å². The number of hydrogen-bond donors (Lipinski definition) is 2. The number of aliphatic imine (C=N–C) groups is 1. The number of rotatable bonds is 8. The summed E-state index contributed by atoms with van der Waals surface area (Å²) in [7, 11) is 0. The maximum absolute atomic E-state index is 14.4. The molecular formula is C22H34FN5O. The van der Waals surface area contributed by atoms with E-state index in [4.69, 9.17) is 9.73 Å². The summed E-state index contributed by atoms with van der Waals surface area (Å²) in [5.41, 5.74) is 0.887. The number of hydrogen-bond acceptors (Lipinski definition) is 4. The topological polar surface area (TPSA) is 52.1 Å². The lowest BCUT2D eigenvalue weighted by Crippen LogP contribution is -2.62. The summed E-state index contributed by atoms with van der Waals surface area (Å²) in [6, 6.07) is 5.69. The van der Waals surface area contributed by atoms with Gasteiger partial charge < -0.3 is 15.4 Å². The van der Waals surface area contributed by atoms with Gasteiger partial charge in [-0.3, -0.25) is 14.8 Å². The molecule has 3 saturated heterocycles. The van der Waals surface area contributed by atoms with Gasteiger partial charge in [-0.15, -0.1) is 0 Å². The Bertz CT molecular complexity index is 715. The first-order chi connectivity index (χ1) is 14.1. The van der Waals surface area contributed by atoms with Crippen molar-refractivity contribution in [1.82, 2.24) is 20.4 Å². The first-order valence-corrected chi connectivity index (χ1v) is 11.1. The molecule has 4 fully saturated rings. The van der Waals surface area contributed by atoms with E-state index in [1.165, 1.54) is 25.9 Å². The fraction of sp³-hybridized carbons (Fsp3) is 0.682. The molecule has 3 aliphatic heterocycles. The van der Waals surface area contributed by atoms with E-state index in [2.05, 4.69) is 27.4 Å². The van der Waals surface area contributed by atoms with Gasteiger partial charge in [-0.1, -0.05) is 6.07 Å². The van der Waals surface area contributed by atoms with Crippen LogP contribution in [0.3, 0.4) is 0 Å². The number of piperazine rings is 3. The molecule has 2 unspecified atom stereocenters. The normalized spacial score (nSPS) is 27.6. The van der Waals surface area contributed by atoms with Crippen LogP contribution in [0.1, 0.15) is 38.3 Å². The van der Waals surface area contributed by atoms with Crippen LogP contribution in [0.5, 0.6) is 5.75 Å². The lowest BCUT2D eigenvalue weighted by Gasteiger charge is -2.47. The third-order valence-electron chi connectivity index (χ3n) is 6.18. The number of benzene rings is 1. The molecule has 6 nitrogen and oxygen atoms in total. The van der Waals surface area contributed by atoms with Crippen molar-refractivity contribution in [2.24, 2.45) is 10.9 Å². The van der Waals surface area contributed by atoms with Crippen molar-refractivity contribution in [2.45, 2.75) is 38.8 Å². The number of ether oxygens (including phenoxy) is 1. The Morgan fingerprint density at radius 2 is 2.07 bits per heavy atom. The van der Waals surface area contributed by atoms with Crippen LogP contribution in [0.15, 0.2) is 23.2 Å². The van der Waals surface area contributed by atoms with Crippen molar-refractivity contribution >= 4 is 5.96 Å². The number of guanidine groups is 1. The molecule has 160 valence electrons. The van der Waals surface area contributed by atoms with Gasteiger partial charge in [0.25, 0.3) is 0 Å². The van der Waals surface area contributed by atoms with E-state index >= 15 is 0 Å². The highest BCUT2D eigenvalue weighted by Gasteiger charge is 2.31. The Hall–Kier alpha value is -1.86. The predicted octanol–water partition coefficient (Wildman–Crippen LogP) is 2.23. The Balaban J connectivity index is 1.35. The quantitative estimate of drug-likeness (QED) is 0.515. The lowest BCUT2D eigenvalue weighted by atomic mass is 10.1. The van der Waals surface area contributed by atoms with Gasteiger partial charge in [0, 0.05) is 45.3 Å². The average molecular weight is 404 g/mol. The molecule has 5 rings (SSSR count). The Kier molecular flexibility index (Phi) is 6.55. The largest absolute Gasteiger partial charge is 0.490 e. The van der Waals surface area contributed by atoms with Crippen molar-refractivity contribution in [3.63, 3.8) is 0 Å². The van der Waals surface area contributed by atoms with Crippen LogP contribution in [0, 0.1) is 11.7 Å². The summed E-state index contributed by atoms with van der Waals surface area (Å²) >= 11 is 0. The smallest absolute Gasteiger partial charge is 0.191 e. The average Bonchev–Trinajstić information content (AvgIpc) is 3.56. The molecule has 2 atom stereocenters. The molecule has 3 heterocycles. The van der Waals surface area contributed by atoms with Crippen LogP contribution in [-0.4, -0.2) is 74.2 Å². The Labute approximate surface area is 173 Å². The van der Waals surface area contributed by atoms with Crippen molar-refractivity contribution in [3.05, 3.63) is 29.6 Å². The van der Waals surface area contributed by atoms with E-state index in [0.717, 1.165) is 44.2 Å². The summed E-state index contributed by atoms with van der Waals surface area (Å²) in [5, 5.41) is 6.74. The minimum absolute atomic E-state index is 0.0494. The molecular weight excluding hydrogens is 369 g/mol. The van der Waals surface area contributed by atoms with Crippen LogP contribution in [-0.2, 0) is 0 Å². The highest BCUT2D eigenvalue weighted by molar-refractivity contribution is 5.80. The molecule has 29 heavy (non-hydrogen) atoms. The fourth-order valence-corrected chi connectivity index (χ4v) is 4.10. The SMILES string of the molecule is CCNC(=NCC1CN2CCN1CC2)NC(C)c1ccc(OCC2CC2)c(F)c1. The van der Waals surface area contributed by atoms with Gasteiger partial charge in [0.15, 0.2) is 17.5 Å². The van der Waals surface area contributed by atoms with Crippen molar-refractivity contribution in [1.29, 1.82) is 0 Å². The number of nitrogens with zero attached hydrogens (tertiary/aromatic N) is 3. The minimum atomic E-state index is -0.293. The standard InChI is InChI=1S/C22H34FN5O/c1-3-24-22(25-13-19-14-27-8-10-28(19)11-9-27)26-16(2)18-6-7-21(20(23)12-18)29-15-17-4-5-17/h6-7,12,16-17,19H,3-5,8-11,13-15H2,1-2H3,(H2,24,25,26). The highest BCUT2D eigenvalue weighted by atomic mass is 19.1. The van der Waals surface area contributed by atoms with Gasteiger partial charge in [0.2, 0.25) is 0 Å². The maximum Gasteiger partial charge on any atom is 0.191 e. The zero-order valence-corrected chi connectivity index (χ0v) is 17.7. The second kappa shape index (κ2) is 9.30. The second-order valence-corrected chi connectivity index (χ2v) is 8.52. The molecule has 0 amide bonds. The van der Waals surface area contributed by atoms with Crippen LogP contribution >= 0.6 is 0 Å². The van der Waals surface area contributed by atoms with Gasteiger partial charge in [0.1, 0.15) is 0 Å². The third kappa shape index (κ3) is 5.39. The second-order valence-electron chi connectivity index (χ2n) is 8.52. The fourth-order valence-electron chi connectivity index (χ4n) is 4.10. The van der Waals surface area contributed by atoms with E-state index in [1.807, 2.05) is 13.0 Å². The first-order valence-electron chi connectivity index (χ1n) is 11.1. The molecule has 7 heteroatoms. The van der Waals surface area contributed by atoms with Gasteiger partial charge in [-0.25, -0.2) is 4.39 Å². The highest BCUT2D eigenvalue weighted by Crippen LogP contribution is 2.30. The Morgan fingerprint density at radius 3 is 2.69 bits per heavy atom. The van der Waals surface area contributed by atoms with E-state index in [0.29, 0.717) is 24.3 Å². The maximum atomic E-state index is 14.4. The van der Waals surface area contributed by atoms with Gasteiger partial charge in [-0.2, -0.15) is 0 Å². The Morgan fingerprint density at radius 1 is 1.28 bits per heavy atom. The molecule has 1 aromatic rings. The molecule has 1 aromatic carbocycles. The molecule has 4 aliphatic rings. The van der Waals surface area contributed by atoms with Crippen molar-refractivity contribution in [3.8, 4) is 5.75 Å². The summed E-state index contributed by atoms with van der Waals surface area (Å²) in [5.74, 6) is 1.46. The number of halogens is 1. The molecule has 0 radical (unpaired) electrons. The van der Waals surface area contributed by atoms with Crippen LogP contribution in [0.25, 0.3) is 0 Å². The van der Waals surface area contributed by atoms with E-state index in [1.54, 1.807) is 12.1 Å². The first kappa shape index (κ1) is 20.4. The summed E-state index contributed by atoms with van der Waals surface area (Å²) in [6.07, 6.45) is 2.40. The predicted molar refractivity (Wildman–Crippen MR) is 114 cm³/mol. The third-order valence-corrected chi connectivity index (χ3v) is 6.18. The summed E-state index contributed by atoms with van der Waals surface area (Å²) < 4.78 is 20.0. The van der Waals surface area contributed by atoms with Crippen molar-refractivity contribution < 1.29 is 9.13 Å². The molecule has 2 N–H and O–H groups in total. The van der Waals surface area contributed by atoms with E-state index < -0.39 is 0 Å². The zero-order valence-electron chi connectivity index (χ0n) is 17.7. The molecule has 1 aliphatic carbocycles. The zero-order chi connectivity index (χ0) is 20.2. The van der Waals surface area contributed by atoms with Crippen LogP contribution < -0.4 is 15.4 Å². The van der Waals surface area contributed by atoms with Crippen LogP contribution in [0.2, 0.25) is 0 Å². The van der Waals surface area contributed by atoms with Gasteiger partial charge in [-0.05, 0) is 50.3 Å². The van der Waals surface area contributed by atoms with Crippen LogP contribution in [0.4, 0.5) is 4.39 Å². The molecule has 0 aromatic heterocycles. The molecule has 0 spiro atoms. The molecule has 1 saturated carbocycles. The van der Waals surface area contributed by atoms with Gasteiger partial charge >= 0.3 is 0 Å².